The molecule has 2 N–H and O–H groups in total. The summed E-state index contributed by atoms with van der Waals surface area (Å²) >= 11 is 0. The molecule has 0 fully saturated rings. The first-order valence-corrected chi connectivity index (χ1v) is 7.61. The molecule has 3 rings (SSSR count). The Labute approximate surface area is 152 Å². The van der Waals surface area contributed by atoms with E-state index in [2.05, 4.69) is 25.8 Å². The highest BCUT2D eigenvalue weighted by molar-refractivity contribution is 5.66. The highest BCUT2D eigenvalue weighted by Crippen LogP contribution is 2.31. The maximum Gasteiger partial charge on any atom is 0.249 e. The van der Waals surface area contributed by atoms with Crippen LogP contribution in [0.1, 0.15) is 0 Å². The molecular weight excluding hydrogens is 363 g/mol. The van der Waals surface area contributed by atoms with Crippen LogP contribution in [0, 0.1) is 17.5 Å². The number of hydrogen-bond donors (Lipinski definition) is 2. The standard InChI is InChI=1S/C17H14F3N5O2/c1-26-9-3-5-11(13(7-9)27-2)22-14-8-21-25-17(24-14)23-12-6-4-10(18)15(19)16(12)20/h3-8H,1-2H3,(H2,22,23,24,25). The number of halogens is 3. The van der Waals surface area contributed by atoms with Gasteiger partial charge in [-0.2, -0.15) is 10.1 Å². The molecular formula is C17H14F3N5O2. The molecule has 140 valence electrons. The van der Waals surface area contributed by atoms with Gasteiger partial charge in [-0.25, -0.2) is 13.2 Å². The van der Waals surface area contributed by atoms with Gasteiger partial charge in [0.1, 0.15) is 11.5 Å². The molecule has 0 aliphatic carbocycles. The zero-order chi connectivity index (χ0) is 19.4. The number of nitrogens with one attached hydrogen (secondary N) is 2. The van der Waals surface area contributed by atoms with Crippen LogP contribution in [0.5, 0.6) is 11.5 Å². The summed E-state index contributed by atoms with van der Waals surface area (Å²) in [5.74, 6) is -3.02. The number of rotatable bonds is 6. The van der Waals surface area contributed by atoms with Crippen molar-refractivity contribution >= 4 is 23.1 Å². The molecule has 0 bridgehead atoms. The van der Waals surface area contributed by atoms with Gasteiger partial charge in [0.05, 0.1) is 31.8 Å². The van der Waals surface area contributed by atoms with E-state index in [0.717, 1.165) is 12.1 Å². The summed E-state index contributed by atoms with van der Waals surface area (Å²) in [6, 6.07) is 6.92. The van der Waals surface area contributed by atoms with Crippen molar-refractivity contribution in [3.8, 4) is 11.5 Å². The molecule has 0 saturated heterocycles. The van der Waals surface area contributed by atoms with Crippen LogP contribution in [0.25, 0.3) is 0 Å². The monoisotopic (exact) mass is 377 g/mol. The van der Waals surface area contributed by atoms with Gasteiger partial charge in [-0.15, -0.1) is 5.10 Å². The van der Waals surface area contributed by atoms with E-state index in [-0.39, 0.29) is 17.5 Å². The Balaban J connectivity index is 1.83. The largest absolute Gasteiger partial charge is 0.497 e. The Kier molecular flexibility index (Phi) is 5.25. The molecule has 0 aliphatic heterocycles. The summed E-state index contributed by atoms with van der Waals surface area (Å²) in [5.41, 5.74) is 0.249. The molecule has 1 heterocycles. The van der Waals surface area contributed by atoms with Crippen LogP contribution >= 0.6 is 0 Å². The average molecular weight is 377 g/mol. The number of anilines is 4. The SMILES string of the molecule is COc1ccc(Nc2cnnc(Nc3ccc(F)c(F)c3F)n2)c(OC)c1. The summed E-state index contributed by atoms with van der Waals surface area (Å²) in [6.07, 6.45) is 1.33. The quantitative estimate of drug-likeness (QED) is 0.633. The molecule has 0 unspecified atom stereocenters. The zero-order valence-corrected chi connectivity index (χ0v) is 14.3. The van der Waals surface area contributed by atoms with E-state index < -0.39 is 17.5 Å². The second kappa shape index (κ2) is 7.77. The van der Waals surface area contributed by atoms with Crippen LogP contribution in [0.15, 0.2) is 36.5 Å². The van der Waals surface area contributed by atoms with Gasteiger partial charge in [-0.05, 0) is 24.3 Å². The fraction of sp³-hybridized carbons (Fsp3) is 0.118. The first-order valence-electron chi connectivity index (χ1n) is 7.61. The first kappa shape index (κ1) is 18.2. The normalized spacial score (nSPS) is 10.4. The number of aromatic nitrogens is 3. The molecule has 7 nitrogen and oxygen atoms in total. The molecule has 0 amide bonds. The van der Waals surface area contributed by atoms with Crippen molar-refractivity contribution in [1.29, 1.82) is 0 Å². The summed E-state index contributed by atoms with van der Waals surface area (Å²) in [5, 5.41) is 12.9. The molecule has 2 aromatic carbocycles. The van der Waals surface area contributed by atoms with E-state index in [1.54, 1.807) is 18.2 Å². The van der Waals surface area contributed by atoms with Crippen molar-refractivity contribution in [2.45, 2.75) is 0 Å². The van der Waals surface area contributed by atoms with Gasteiger partial charge in [-0.3, -0.25) is 0 Å². The zero-order valence-electron chi connectivity index (χ0n) is 14.3. The Morgan fingerprint density at radius 3 is 2.41 bits per heavy atom. The van der Waals surface area contributed by atoms with E-state index in [9.17, 15) is 13.2 Å². The first-order chi connectivity index (χ1) is 13.0. The minimum absolute atomic E-state index is 0.114. The van der Waals surface area contributed by atoms with E-state index in [4.69, 9.17) is 9.47 Å². The lowest BCUT2D eigenvalue weighted by molar-refractivity contribution is 0.395. The van der Waals surface area contributed by atoms with Gasteiger partial charge in [0.2, 0.25) is 5.95 Å². The highest BCUT2D eigenvalue weighted by atomic mass is 19.2. The number of methoxy groups -OCH3 is 2. The van der Waals surface area contributed by atoms with Crippen LogP contribution in [0.4, 0.5) is 36.3 Å². The van der Waals surface area contributed by atoms with Gasteiger partial charge >= 0.3 is 0 Å². The van der Waals surface area contributed by atoms with E-state index in [0.29, 0.717) is 17.2 Å². The van der Waals surface area contributed by atoms with Crippen molar-refractivity contribution in [2.24, 2.45) is 0 Å². The highest BCUT2D eigenvalue weighted by Gasteiger charge is 2.15. The van der Waals surface area contributed by atoms with Gasteiger partial charge in [-0.1, -0.05) is 0 Å². The van der Waals surface area contributed by atoms with Crippen LogP contribution < -0.4 is 20.1 Å². The predicted molar refractivity (Wildman–Crippen MR) is 92.3 cm³/mol. The number of ether oxygens (including phenoxy) is 2. The summed E-state index contributed by atoms with van der Waals surface area (Å²) in [7, 11) is 3.03. The Morgan fingerprint density at radius 2 is 1.67 bits per heavy atom. The molecule has 0 aliphatic rings. The van der Waals surface area contributed by atoms with Crippen LogP contribution in [-0.4, -0.2) is 29.4 Å². The maximum absolute atomic E-state index is 13.8. The molecule has 0 radical (unpaired) electrons. The van der Waals surface area contributed by atoms with Gasteiger partial charge in [0, 0.05) is 6.07 Å². The summed E-state index contributed by atoms with van der Waals surface area (Å²) in [6.45, 7) is 0. The summed E-state index contributed by atoms with van der Waals surface area (Å²) < 4.78 is 50.5. The lowest BCUT2D eigenvalue weighted by atomic mass is 10.2. The summed E-state index contributed by atoms with van der Waals surface area (Å²) in [4.78, 5) is 4.11. The molecule has 10 heteroatoms. The number of benzene rings is 2. The second-order valence-corrected chi connectivity index (χ2v) is 5.20. The molecule has 0 saturated carbocycles. The van der Waals surface area contributed by atoms with Gasteiger partial charge in [0.25, 0.3) is 0 Å². The topological polar surface area (TPSA) is 81.2 Å². The third kappa shape index (κ3) is 4.00. The fourth-order valence-corrected chi connectivity index (χ4v) is 2.20. The minimum Gasteiger partial charge on any atom is -0.497 e. The number of hydrogen-bond acceptors (Lipinski definition) is 7. The average Bonchev–Trinajstić information content (AvgIpc) is 2.69. The van der Waals surface area contributed by atoms with Crippen molar-refractivity contribution in [3.63, 3.8) is 0 Å². The smallest absolute Gasteiger partial charge is 0.249 e. The Bertz CT molecular complexity index is 971. The molecule has 27 heavy (non-hydrogen) atoms. The van der Waals surface area contributed by atoms with Crippen molar-refractivity contribution in [2.75, 3.05) is 24.9 Å². The van der Waals surface area contributed by atoms with E-state index in [1.165, 1.54) is 20.4 Å². The van der Waals surface area contributed by atoms with Gasteiger partial charge in [0.15, 0.2) is 23.3 Å². The van der Waals surface area contributed by atoms with Crippen LogP contribution in [-0.2, 0) is 0 Å². The molecule has 3 aromatic rings. The lowest BCUT2D eigenvalue weighted by Crippen LogP contribution is -2.05. The van der Waals surface area contributed by atoms with Gasteiger partial charge < -0.3 is 20.1 Å². The van der Waals surface area contributed by atoms with Crippen molar-refractivity contribution in [3.05, 3.63) is 54.0 Å². The van der Waals surface area contributed by atoms with Crippen LogP contribution in [0.3, 0.4) is 0 Å². The van der Waals surface area contributed by atoms with Crippen LogP contribution in [0.2, 0.25) is 0 Å². The van der Waals surface area contributed by atoms with Crippen molar-refractivity contribution < 1.29 is 22.6 Å². The third-order valence-corrected chi connectivity index (χ3v) is 3.51. The third-order valence-electron chi connectivity index (χ3n) is 3.51. The molecule has 1 aromatic heterocycles. The fourth-order valence-electron chi connectivity index (χ4n) is 2.20. The molecule has 0 atom stereocenters. The Hall–Kier alpha value is -3.56. The lowest BCUT2D eigenvalue weighted by Gasteiger charge is -2.12. The van der Waals surface area contributed by atoms with E-state index >= 15 is 0 Å². The Morgan fingerprint density at radius 1 is 0.889 bits per heavy atom. The predicted octanol–water partition coefficient (Wildman–Crippen LogP) is 3.79. The second-order valence-electron chi connectivity index (χ2n) is 5.20. The number of nitrogens with zero attached hydrogens (tertiary/aromatic N) is 3. The molecule has 0 spiro atoms. The minimum atomic E-state index is -1.59. The van der Waals surface area contributed by atoms with Crippen molar-refractivity contribution in [1.82, 2.24) is 15.2 Å². The van der Waals surface area contributed by atoms with E-state index in [1.807, 2.05) is 0 Å². The maximum atomic E-state index is 13.8.